The van der Waals surface area contributed by atoms with Crippen LogP contribution in [-0.2, 0) is 4.79 Å². The Labute approximate surface area is 133 Å². The van der Waals surface area contributed by atoms with E-state index in [2.05, 4.69) is 26.4 Å². The van der Waals surface area contributed by atoms with Gasteiger partial charge in [-0.3, -0.25) is 14.7 Å². The topological polar surface area (TPSA) is 60.0 Å². The van der Waals surface area contributed by atoms with Crippen molar-refractivity contribution in [3.8, 4) is 12.3 Å². The molecule has 122 valence electrons. The Morgan fingerprint density at radius 2 is 2.00 bits per heavy atom. The Morgan fingerprint density at radius 3 is 2.55 bits per heavy atom. The quantitative estimate of drug-likeness (QED) is 0.417. The van der Waals surface area contributed by atoms with Gasteiger partial charge in [0, 0.05) is 52.2 Å². The molecular weight excluding hydrogens is 278 g/mol. The van der Waals surface area contributed by atoms with E-state index in [9.17, 15) is 4.79 Å². The van der Waals surface area contributed by atoms with Crippen LogP contribution in [0.25, 0.3) is 0 Å². The fourth-order valence-electron chi connectivity index (χ4n) is 2.79. The monoisotopic (exact) mass is 305 g/mol. The highest BCUT2D eigenvalue weighted by molar-refractivity contribution is 5.80. The van der Waals surface area contributed by atoms with Crippen molar-refractivity contribution < 1.29 is 4.79 Å². The van der Waals surface area contributed by atoms with Crippen molar-refractivity contribution in [1.29, 1.82) is 0 Å². The average Bonchev–Trinajstić information content (AvgIpc) is 2.49. The molecule has 2 fully saturated rings. The number of hydrogen-bond acceptors (Lipinski definition) is 3. The van der Waals surface area contributed by atoms with Crippen molar-refractivity contribution in [2.24, 2.45) is 10.9 Å². The van der Waals surface area contributed by atoms with Gasteiger partial charge in [-0.15, -0.1) is 6.42 Å². The second-order valence-corrected chi connectivity index (χ2v) is 5.85. The third-order valence-electron chi connectivity index (χ3n) is 4.44. The lowest BCUT2D eigenvalue weighted by atomic mass is 9.84. The molecule has 2 rings (SSSR count). The largest absolute Gasteiger partial charge is 0.355 e. The molecule has 1 heterocycles. The standard InChI is InChI=1S/C16H27N5O/c1-3-7-18-16(17-2)19-8-9-20-10-12-21(13-11-20)15(22)14-5-4-6-14/h1,14H,4-13H2,2H3,(H2,17,18,19). The lowest BCUT2D eigenvalue weighted by Gasteiger charge is -2.38. The minimum absolute atomic E-state index is 0.318. The first kappa shape index (κ1) is 16.6. The van der Waals surface area contributed by atoms with Crippen molar-refractivity contribution in [2.45, 2.75) is 19.3 Å². The maximum atomic E-state index is 12.2. The molecule has 0 unspecified atom stereocenters. The fourth-order valence-corrected chi connectivity index (χ4v) is 2.79. The number of carbonyl (C=O) groups is 1. The van der Waals surface area contributed by atoms with Gasteiger partial charge in [0.2, 0.25) is 5.91 Å². The van der Waals surface area contributed by atoms with Crippen molar-refractivity contribution in [3.63, 3.8) is 0 Å². The molecule has 1 aliphatic carbocycles. The molecule has 6 heteroatoms. The van der Waals surface area contributed by atoms with Gasteiger partial charge in [0.25, 0.3) is 0 Å². The van der Waals surface area contributed by atoms with Crippen molar-refractivity contribution >= 4 is 11.9 Å². The Morgan fingerprint density at radius 1 is 1.27 bits per heavy atom. The summed E-state index contributed by atoms with van der Waals surface area (Å²) in [6, 6.07) is 0. The number of carbonyl (C=O) groups excluding carboxylic acids is 1. The highest BCUT2D eigenvalue weighted by Crippen LogP contribution is 2.28. The van der Waals surface area contributed by atoms with Crippen molar-refractivity contribution in [3.05, 3.63) is 0 Å². The van der Waals surface area contributed by atoms with Gasteiger partial charge < -0.3 is 15.5 Å². The minimum Gasteiger partial charge on any atom is -0.355 e. The van der Waals surface area contributed by atoms with Crippen molar-refractivity contribution in [2.75, 3.05) is 52.9 Å². The first-order valence-electron chi connectivity index (χ1n) is 8.13. The number of amides is 1. The molecule has 0 atom stereocenters. The summed E-state index contributed by atoms with van der Waals surface area (Å²) in [7, 11) is 1.73. The van der Waals surface area contributed by atoms with Crippen LogP contribution in [0.3, 0.4) is 0 Å². The Kier molecular flexibility index (Phi) is 6.53. The van der Waals surface area contributed by atoms with Gasteiger partial charge in [0.15, 0.2) is 5.96 Å². The van der Waals surface area contributed by atoms with E-state index in [1.807, 2.05) is 4.90 Å². The van der Waals surface area contributed by atoms with Gasteiger partial charge in [0.1, 0.15) is 0 Å². The van der Waals surface area contributed by atoms with Crippen LogP contribution in [0.5, 0.6) is 0 Å². The molecule has 0 aromatic heterocycles. The van der Waals surface area contributed by atoms with Crippen LogP contribution in [-0.4, -0.2) is 74.5 Å². The zero-order chi connectivity index (χ0) is 15.8. The number of hydrogen-bond donors (Lipinski definition) is 2. The normalized spacial score (nSPS) is 20.2. The smallest absolute Gasteiger partial charge is 0.225 e. The van der Waals surface area contributed by atoms with E-state index in [1.54, 1.807) is 7.05 Å². The van der Waals surface area contributed by atoms with Crippen LogP contribution < -0.4 is 10.6 Å². The van der Waals surface area contributed by atoms with E-state index < -0.39 is 0 Å². The van der Waals surface area contributed by atoms with E-state index in [1.165, 1.54) is 6.42 Å². The number of guanidine groups is 1. The molecule has 6 nitrogen and oxygen atoms in total. The minimum atomic E-state index is 0.318. The third-order valence-corrected chi connectivity index (χ3v) is 4.44. The number of nitrogens with zero attached hydrogens (tertiary/aromatic N) is 3. The highest BCUT2D eigenvalue weighted by Gasteiger charge is 2.30. The Bertz CT molecular complexity index is 430. The first-order valence-corrected chi connectivity index (χ1v) is 8.13. The highest BCUT2D eigenvalue weighted by atomic mass is 16.2. The maximum Gasteiger partial charge on any atom is 0.225 e. The Balaban J connectivity index is 1.61. The summed E-state index contributed by atoms with van der Waals surface area (Å²) in [6.45, 7) is 5.87. The van der Waals surface area contributed by atoms with Gasteiger partial charge in [-0.2, -0.15) is 0 Å². The van der Waals surface area contributed by atoms with Crippen LogP contribution in [0.1, 0.15) is 19.3 Å². The summed E-state index contributed by atoms with van der Waals surface area (Å²) in [5.41, 5.74) is 0. The number of terminal acetylenes is 1. The zero-order valence-electron chi connectivity index (χ0n) is 13.5. The molecular formula is C16H27N5O. The van der Waals surface area contributed by atoms with E-state index in [0.29, 0.717) is 18.4 Å². The summed E-state index contributed by atoms with van der Waals surface area (Å²) < 4.78 is 0. The molecule has 0 bridgehead atoms. The third kappa shape index (κ3) is 4.63. The summed E-state index contributed by atoms with van der Waals surface area (Å²) in [4.78, 5) is 20.7. The molecule has 1 saturated heterocycles. The number of piperazine rings is 1. The van der Waals surface area contributed by atoms with Gasteiger partial charge in [-0.1, -0.05) is 12.3 Å². The average molecular weight is 305 g/mol. The molecule has 0 aromatic carbocycles. The number of rotatable bonds is 5. The van der Waals surface area contributed by atoms with E-state index in [4.69, 9.17) is 6.42 Å². The molecule has 2 N–H and O–H groups in total. The first-order chi connectivity index (χ1) is 10.7. The second kappa shape index (κ2) is 8.64. The van der Waals surface area contributed by atoms with Gasteiger partial charge in [0.05, 0.1) is 6.54 Å². The fraction of sp³-hybridized carbons (Fsp3) is 0.750. The van der Waals surface area contributed by atoms with Gasteiger partial charge >= 0.3 is 0 Å². The van der Waals surface area contributed by atoms with Gasteiger partial charge in [-0.25, -0.2) is 0 Å². The van der Waals surface area contributed by atoms with E-state index in [-0.39, 0.29) is 0 Å². The molecule has 1 saturated carbocycles. The summed E-state index contributed by atoms with van der Waals surface area (Å²) in [5, 5.41) is 6.28. The van der Waals surface area contributed by atoms with Crippen LogP contribution in [0.4, 0.5) is 0 Å². The lowest BCUT2D eigenvalue weighted by molar-refractivity contribution is -0.139. The van der Waals surface area contributed by atoms with Crippen LogP contribution in [0.15, 0.2) is 4.99 Å². The SMILES string of the molecule is C#CCNC(=NC)NCCN1CCN(C(=O)C2CCC2)CC1. The van der Waals surface area contributed by atoms with Crippen LogP contribution in [0.2, 0.25) is 0 Å². The molecule has 1 aliphatic heterocycles. The number of aliphatic imine (C=N–C) groups is 1. The summed E-state index contributed by atoms with van der Waals surface area (Å²) >= 11 is 0. The van der Waals surface area contributed by atoms with E-state index >= 15 is 0 Å². The lowest BCUT2D eigenvalue weighted by Crippen LogP contribution is -2.52. The molecule has 2 aliphatic rings. The number of nitrogens with one attached hydrogen (secondary N) is 2. The molecule has 0 aromatic rings. The van der Waals surface area contributed by atoms with Crippen LogP contribution in [0, 0.1) is 18.3 Å². The zero-order valence-corrected chi connectivity index (χ0v) is 13.5. The van der Waals surface area contributed by atoms with E-state index in [0.717, 1.165) is 58.1 Å². The van der Waals surface area contributed by atoms with Crippen molar-refractivity contribution in [1.82, 2.24) is 20.4 Å². The van der Waals surface area contributed by atoms with Gasteiger partial charge in [-0.05, 0) is 12.8 Å². The summed E-state index contributed by atoms with van der Waals surface area (Å²) in [6.07, 6.45) is 8.61. The predicted molar refractivity (Wildman–Crippen MR) is 88.6 cm³/mol. The second-order valence-electron chi connectivity index (χ2n) is 5.85. The Hall–Kier alpha value is -1.74. The summed E-state index contributed by atoms with van der Waals surface area (Å²) in [5.74, 6) is 3.96. The predicted octanol–water partition coefficient (Wildman–Crippen LogP) is -0.271. The maximum absolute atomic E-state index is 12.2. The van der Waals surface area contributed by atoms with Crippen LogP contribution >= 0.6 is 0 Å². The molecule has 0 radical (unpaired) electrons. The molecule has 0 spiro atoms. The molecule has 1 amide bonds. The molecule has 22 heavy (non-hydrogen) atoms.